The number of aryl methyl sites for hydroxylation is 1. The lowest BCUT2D eigenvalue weighted by molar-refractivity contribution is 0.0663. The minimum Gasteiger partial charge on any atom is -0.317 e. The van der Waals surface area contributed by atoms with E-state index in [1.165, 1.54) is 9.58 Å². The molecule has 0 fully saturated rings. The first kappa shape index (κ1) is 20.7. The Balaban J connectivity index is 1.55. The van der Waals surface area contributed by atoms with Crippen molar-refractivity contribution in [2.45, 2.75) is 12.6 Å². The first-order chi connectivity index (χ1) is 15.3. The van der Waals surface area contributed by atoms with Gasteiger partial charge < -0.3 is 10.6 Å². The molecule has 3 aromatic heterocycles. The largest absolute Gasteiger partial charge is 0.317 e. The van der Waals surface area contributed by atoms with Crippen molar-refractivity contribution in [2.24, 2.45) is 12.8 Å². The molecule has 1 aliphatic heterocycles. The van der Waals surface area contributed by atoms with Crippen molar-refractivity contribution in [3.8, 4) is 11.3 Å². The van der Waals surface area contributed by atoms with Crippen LogP contribution >= 0.6 is 15.9 Å². The van der Waals surface area contributed by atoms with Gasteiger partial charge in [-0.2, -0.15) is 10.2 Å². The van der Waals surface area contributed by atoms with Gasteiger partial charge in [-0.1, -0.05) is 0 Å². The first-order valence-electron chi connectivity index (χ1n) is 9.67. The van der Waals surface area contributed by atoms with Crippen LogP contribution in [0.5, 0.6) is 0 Å². The van der Waals surface area contributed by atoms with Crippen LogP contribution < -0.4 is 5.73 Å². The maximum Gasteiger partial charge on any atom is 0.257 e. The number of pyridine rings is 1. The fraction of sp³-hybridized carbons (Fsp3) is 0.190. The number of hydrogen-bond donors (Lipinski definition) is 1. The lowest BCUT2D eigenvalue weighted by atomic mass is 9.97. The van der Waals surface area contributed by atoms with E-state index in [4.69, 9.17) is 5.73 Å². The highest BCUT2D eigenvalue weighted by Crippen LogP contribution is 2.35. The quantitative estimate of drug-likeness (QED) is 0.423. The predicted molar refractivity (Wildman–Crippen MR) is 113 cm³/mol. The van der Waals surface area contributed by atoms with Crippen molar-refractivity contribution < 1.29 is 18.0 Å². The molecule has 7 nitrogen and oxygen atoms in total. The minimum absolute atomic E-state index is 0.151. The van der Waals surface area contributed by atoms with E-state index in [0.717, 1.165) is 12.1 Å². The van der Waals surface area contributed by atoms with Crippen LogP contribution in [0.25, 0.3) is 16.8 Å². The second kappa shape index (κ2) is 7.45. The number of rotatable bonds is 2. The summed E-state index contributed by atoms with van der Waals surface area (Å²) in [5, 5.41) is 8.61. The summed E-state index contributed by atoms with van der Waals surface area (Å²) in [6, 6.07) is 5.27. The number of fused-ring (bicyclic) bond motifs is 2. The number of hydrogen-bond acceptors (Lipinski definition) is 4. The van der Waals surface area contributed by atoms with Crippen molar-refractivity contribution in [1.29, 1.82) is 0 Å². The van der Waals surface area contributed by atoms with Gasteiger partial charge in [0.1, 0.15) is 11.9 Å². The van der Waals surface area contributed by atoms with E-state index < -0.39 is 23.6 Å². The van der Waals surface area contributed by atoms with Crippen molar-refractivity contribution in [1.82, 2.24) is 24.3 Å². The lowest BCUT2D eigenvalue weighted by Crippen LogP contribution is -2.44. The molecule has 0 aliphatic carbocycles. The Hall–Kier alpha value is -3.18. The van der Waals surface area contributed by atoms with Gasteiger partial charge >= 0.3 is 0 Å². The van der Waals surface area contributed by atoms with Crippen molar-refractivity contribution in [3.05, 3.63) is 75.4 Å². The van der Waals surface area contributed by atoms with E-state index in [0.29, 0.717) is 38.9 Å². The zero-order chi connectivity index (χ0) is 22.7. The van der Waals surface area contributed by atoms with Crippen LogP contribution in [-0.2, 0) is 13.5 Å². The molecule has 0 saturated carbocycles. The van der Waals surface area contributed by atoms with Gasteiger partial charge in [0.25, 0.3) is 5.91 Å². The van der Waals surface area contributed by atoms with E-state index >= 15 is 0 Å². The molecule has 1 amide bonds. The summed E-state index contributed by atoms with van der Waals surface area (Å²) in [7, 11) is 1.61. The Morgan fingerprint density at radius 2 is 1.97 bits per heavy atom. The van der Waals surface area contributed by atoms with Gasteiger partial charge in [0.15, 0.2) is 17.5 Å². The summed E-state index contributed by atoms with van der Waals surface area (Å²) in [4.78, 5) is 14.9. The summed E-state index contributed by atoms with van der Waals surface area (Å²) >= 11 is 3.42. The summed E-state index contributed by atoms with van der Waals surface area (Å²) in [5.74, 6) is -4.39. The molecule has 32 heavy (non-hydrogen) atoms. The Morgan fingerprint density at radius 3 is 2.69 bits per heavy atom. The molecular weight excluding hydrogens is 489 g/mol. The predicted octanol–water partition coefficient (Wildman–Crippen LogP) is 3.57. The third-order valence-corrected chi connectivity index (χ3v) is 6.22. The molecule has 5 rings (SSSR count). The number of halogens is 4. The number of aromatic nitrogens is 4. The van der Waals surface area contributed by atoms with Gasteiger partial charge in [-0.15, -0.1) is 0 Å². The molecule has 0 radical (unpaired) electrons. The van der Waals surface area contributed by atoms with E-state index in [1.807, 2.05) is 0 Å². The van der Waals surface area contributed by atoms with Gasteiger partial charge in [0, 0.05) is 30.9 Å². The molecule has 11 heteroatoms. The van der Waals surface area contributed by atoms with Crippen LogP contribution in [0.2, 0.25) is 0 Å². The smallest absolute Gasteiger partial charge is 0.257 e. The normalized spacial score (nSPS) is 15.9. The van der Waals surface area contributed by atoms with Crippen LogP contribution in [0.3, 0.4) is 0 Å². The average Bonchev–Trinajstić information content (AvgIpc) is 3.31. The number of amides is 1. The zero-order valence-electron chi connectivity index (χ0n) is 16.7. The third kappa shape index (κ3) is 3.03. The molecule has 4 aromatic rings. The Bertz CT molecular complexity index is 1370. The van der Waals surface area contributed by atoms with Gasteiger partial charge in [-0.05, 0) is 46.6 Å². The molecule has 1 aliphatic rings. The molecular formula is C21H16BrF3N6O. The molecule has 4 heterocycles. The van der Waals surface area contributed by atoms with Crippen molar-refractivity contribution in [3.63, 3.8) is 0 Å². The molecule has 164 valence electrons. The number of benzene rings is 1. The SMILES string of the molecule is Cn1nc2c(c1-c1cc(F)c(F)c(F)c1)CCN(C(=O)c1cccn3ncc(Br)c13)[C@H]2N. The van der Waals surface area contributed by atoms with Gasteiger partial charge in [0.2, 0.25) is 0 Å². The second-order valence-corrected chi connectivity index (χ2v) is 8.35. The summed E-state index contributed by atoms with van der Waals surface area (Å²) in [5.41, 5.74) is 9.13. The molecule has 0 unspecified atom stereocenters. The van der Waals surface area contributed by atoms with Crippen molar-refractivity contribution >= 4 is 27.4 Å². The molecule has 0 saturated heterocycles. The maximum atomic E-state index is 13.8. The van der Waals surface area contributed by atoms with Crippen LogP contribution in [0.4, 0.5) is 13.2 Å². The number of nitrogens with two attached hydrogens (primary N) is 1. The number of carbonyl (C=O) groups is 1. The monoisotopic (exact) mass is 504 g/mol. The highest BCUT2D eigenvalue weighted by atomic mass is 79.9. The third-order valence-electron chi connectivity index (χ3n) is 5.64. The Labute approximate surface area is 188 Å². The van der Waals surface area contributed by atoms with E-state index in [9.17, 15) is 18.0 Å². The van der Waals surface area contributed by atoms with Gasteiger partial charge in [-0.25, -0.2) is 17.7 Å². The first-order valence-corrected chi connectivity index (χ1v) is 10.5. The van der Waals surface area contributed by atoms with E-state index in [-0.39, 0.29) is 18.0 Å². The van der Waals surface area contributed by atoms with Crippen LogP contribution in [0.15, 0.2) is 41.1 Å². The van der Waals surface area contributed by atoms with Gasteiger partial charge in [-0.3, -0.25) is 9.48 Å². The summed E-state index contributed by atoms with van der Waals surface area (Å²) < 4.78 is 44.8. The van der Waals surface area contributed by atoms with Gasteiger partial charge in [0.05, 0.1) is 27.4 Å². The standard InChI is InChI=1S/C21H16BrF3N6O/c1-29-18(10-7-14(23)16(25)15(24)8-10)11-4-6-30(20(26)17(11)28-29)21(32)12-3-2-5-31-19(12)13(22)9-27-31/h2-3,5,7-9,20H,4,6,26H2,1H3/t20-/m1/s1. The van der Waals surface area contributed by atoms with E-state index in [2.05, 4.69) is 26.1 Å². The Morgan fingerprint density at radius 1 is 1.25 bits per heavy atom. The molecule has 0 bridgehead atoms. The fourth-order valence-corrected chi connectivity index (χ4v) is 4.69. The molecule has 0 spiro atoms. The topological polar surface area (TPSA) is 81.5 Å². The average molecular weight is 505 g/mol. The lowest BCUT2D eigenvalue weighted by Gasteiger charge is -2.32. The van der Waals surface area contributed by atoms with Crippen LogP contribution in [0, 0.1) is 17.5 Å². The molecule has 1 aromatic carbocycles. The van der Waals surface area contributed by atoms with Crippen LogP contribution in [0.1, 0.15) is 27.8 Å². The number of nitrogens with zero attached hydrogens (tertiary/aromatic N) is 5. The fourth-order valence-electron chi connectivity index (χ4n) is 4.21. The van der Waals surface area contributed by atoms with Crippen LogP contribution in [-0.4, -0.2) is 36.7 Å². The minimum atomic E-state index is -1.53. The highest BCUT2D eigenvalue weighted by Gasteiger charge is 2.35. The number of carbonyl (C=O) groups excluding carboxylic acids is 1. The van der Waals surface area contributed by atoms with E-state index in [1.54, 1.807) is 36.1 Å². The molecule has 1 atom stereocenters. The summed E-state index contributed by atoms with van der Waals surface area (Å²) in [6.07, 6.45) is 2.83. The summed E-state index contributed by atoms with van der Waals surface area (Å²) in [6.45, 7) is 0.269. The highest BCUT2D eigenvalue weighted by molar-refractivity contribution is 9.10. The Kier molecular flexibility index (Phi) is 4.82. The second-order valence-electron chi connectivity index (χ2n) is 7.49. The van der Waals surface area contributed by atoms with Crippen molar-refractivity contribution in [2.75, 3.05) is 6.54 Å². The zero-order valence-corrected chi connectivity index (χ0v) is 18.3. The molecule has 2 N–H and O–H groups in total. The maximum absolute atomic E-state index is 13.8.